The zero-order chi connectivity index (χ0) is 16.4. The molecular formula is C16H10N2O5. The third-order valence-corrected chi connectivity index (χ3v) is 3.15. The summed E-state index contributed by atoms with van der Waals surface area (Å²) in [5, 5.41) is 27.0. The van der Waals surface area contributed by atoms with Crippen LogP contribution in [0, 0.1) is 0 Å². The summed E-state index contributed by atoms with van der Waals surface area (Å²) in [6.07, 6.45) is 0. The van der Waals surface area contributed by atoms with Gasteiger partial charge < -0.3 is 14.6 Å². The number of para-hydroxylation sites is 1. The van der Waals surface area contributed by atoms with Gasteiger partial charge in [-0.15, -0.1) is 10.2 Å². The van der Waals surface area contributed by atoms with Crippen molar-refractivity contribution < 1.29 is 19.4 Å². The summed E-state index contributed by atoms with van der Waals surface area (Å²) in [5.74, 6) is -1.54. The molecule has 0 unspecified atom stereocenters. The number of nitrogens with zero attached hydrogens (tertiary/aromatic N) is 2. The molecule has 0 radical (unpaired) electrons. The topological polar surface area (TPSA) is 112 Å². The maximum absolute atomic E-state index is 11.9. The molecule has 1 aromatic heterocycles. The Balaban J connectivity index is 2.12. The van der Waals surface area contributed by atoms with Crippen LogP contribution < -0.4 is 5.63 Å². The molecule has 0 saturated carbocycles. The number of fused-ring (bicyclic) bond motifs is 1. The van der Waals surface area contributed by atoms with Gasteiger partial charge in [-0.25, -0.2) is 9.59 Å². The number of benzene rings is 2. The van der Waals surface area contributed by atoms with E-state index in [1.165, 1.54) is 18.2 Å². The average Bonchev–Trinajstić information content (AvgIpc) is 2.55. The summed E-state index contributed by atoms with van der Waals surface area (Å²) in [6.45, 7) is 0. The Morgan fingerprint density at radius 3 is 2.48 bits per heavy atom. The number of aromatic carboxylic acids is 1. The van der Waals surface area contributed by atoms with E-state index in [4.69, 9.17) is 9.52 Å². The minimum Gasteiger partial charge on any atom is -0.505 e. The van der Waals surface area contributed by atoms with Crippen LogP contribution in [0.3, 0.4) is 0 Å². The summed E-state index contributed by atoms with van der Waals surface area (Å²) in [5.41, 5.74) is -1.03. The van der Waals surface area contributed by atoms with Gasteiger partial charge in [0, 0.05) is 0 Å². The minimum atomic E-state index is -1.17. The summed E-state index contributed by atoms with van der Waals surface area (Å²) in [7, 11) is 0. The lowest BCUT2D eigenvalue weighted by atomic mass is 10.2. The summed E-state index contributed by atoms with van der Waals surface area (Å²) < 4.78 is 5.05. The number of carboxylic acids is 1. The predicted molar refractivity (Wildman–Crippen MR) is 81.7 cm³/mol. The second-order valence-corrected chi connectivity index (χ2v) is 4.61. The molecule has 0 spiro atoms. The normalized spacial score (nSPS) is 11.1. The molecule has 114 valence electrons. The van der Waals surface area contributed by atoms with E-state index in [9.17, 15) is 14.7 Å². The molecule has 0 aliphatic rings. The zero-order valence-electron chi connectivity index (χ0n) is 11.6. The van der Waals surface area contributed by atoms with Crippen molar-refractivity contribution in [3.8, 4) is 5.75 Å². The smallest absolute Gasteiger partial charge is 0.368 e. The van der Waals surface area contributed by atoms with Crippen molar-refractivity contribution in [1.29, 1.82) is 0 Å². The number of azo groups is 1. The quantitative estimate of drug-likeness (QED) is 0.566. The Bertz CT molecular complexity index is 991. The number of hydrogen-bond acceptors (Lipinski definition) is 6. The van der Waals surface area contributed by atoms with Crippen molar-refractivity contribution in [2.45, 2.75) is 0 Å². The maximum atomic E-state index is 11.9. The lowest BCUT2D eigenvalue weighted by Gasteiger charge is -2.02. The van der Waals surface area contributed by atoms with Gasteiger partial charge in [-0.05, 0) is 24.3 Å². The molecule has 2 N–H and O–H groups in total. The van der Waals surface area contributed by atoms with Gasteiger partial charge in [0.1, 0.15) is 11.3 Å². The second kappa shape index (κ2) is 5.72. The van der Waals surface area contributed by atoms with E-state index in [-0.39, 0.29) is 28.3 Å². The van der Waals surface area contributed by atoms with Gasteiger partial charge in [0.2, 0.25) is 5.69 Å². The van der Waals surface area contributed by atoms with Gasteiger partial charge in [0.05, 0.1) is 10.9 Å². The van der Waals surface area contributed by atoms with Gasteiger partial charge in [-0.2, -0.15) is 0 Å². The molecule has 0 atom stereocenters. The fourth-order valence-electron chi connectivity index (χ4n) is 2.06. The van der Waals surface area contributed by atoms with Gasteiger partial charge in [0.15, 0.2) is 5.75 Å². The van der Waals surface area contributed by atoms with Crippen LogP contribution >= 0.6 is 0 Å². The van der Waals surface area contributed by atoms with Gasteiger partial charge in [-0.3, -0.25) is 0 Å². The van der Waals surface area contributed by atoms with E-state index in [1.54, 1.807) is 30.3 Å². The van der Waals surface area contributed by atoms with Crippen LogP contribution in [0.5, 0.6) is 5.75 Å². The van der Waals surface area contributed by atoms with Crippen molar-refractivity contribution in [1.82, 2.24) is 0 Å². The molecule has 0 fully saturated rings. The molecule has 0 bridgehead atoms. The van der Waals surface area contributed by atoms with Crippen molar-refractivity contribution in [2.24, 2.45) is 10.2 Å². The molecule has 0 aliphatic carbocycles. The SMILES string of the molecule is O=C(O)c1ccccc1N=Nc1c(O)c2ccccc2oc1=O. The first kappa shape index (κ1) is 14.5. The average molecular weight is 310 g/mol. The number of carbonyl (C=O) groups is 1. The van der Waals surface area contributed by atoms with Gasteiger partial charge >= 0.3 is 11.6 Å². The highest BCUT2D eigenvalue weighted by Crippen LogP contribution is 2.32. The molecule has 0 aliphatic heterocycles. The molecule has 1 heterocycles. The number of aromatic hydroxyl groups is 1. The Hall–Kier alpha value is -3.48. The minimum absolute atomic E-state index is 0.0620. The summed E-state index contributed by atoms with van der Waals surface area (Å²) >= 11 is 0. The van der Waals surface area contributed by atoms with E-state index in [0.29, 0.717) is 5.39 Å². The number of hydrogen-bond donors (Lipinski definition) is 2. The lowest BCUT2D eigenvalue weighted by Crippen LogP contribution is -1.98. The largest absolute Gasteiger partial charge is 0.505 e. The van der Waals surface area contributed by atoms with Crippen LogP contribution in [0.2, 0.25) is 0 Å². The van der Waals surface area contributed by atoms with Crippen molar-refractivity contribution >= 4 is 28.3 Å². The van der Waals surface area contributed by atoms with E-state index < -0.39 is 11.6 Å². The molecule has 3 aromatic rings. The molecule has 0 amide bonds. The Kier molecular flexibility index (Phi) is 3.60. The monoisotopic (exact) mass is 310 g/mol. The van der Waals surface area contributed by atoms with Gasteiger partial charge in [-0.1, -0.05) is 24.3 Å². The summed E-state index contributed by atoms with van der Waals surface area (Å²) in [4.78, 5) is 23.0. The summed E-state index contributed by atoms with van der Waals surface area (Å²) in [6, 6.07) is 12.4. The third kappa shape index (κ3) is 2.67. The van der Waals surface area contributed by atoms with Crippen LogP contribution in [-0.2, 0) is 0 Å². The van der Waals surface area contributed by atoms with E-state index in [0.717, 1.165) is 0 Å². The highest BCUT2D eigenvalue weighted by molar-refractivity contribution is 5.93. The van der Waals surface area contributed by atoms with E-state index >= 15 is 0 Å². The predicted octanol–water partition coefficient (Wildman–Crippen LogP) is 3.61. The highest BCUT2D eigenvalue weighted by atomic mass is 16.4. The fourth-order valence-corrected chi connectivity index (χ4v) is 2.06. The van der Waals surface area contributed by atoms with Crippen molar-refractivity contribution in [2.75, 3.05) is 0 Å². The van der Waals surface area contributed by atoms with Gasteiger partial charge in [0.25, 0.3) is 0 Å². The van der Waals surface area contributed by atoms with Crippen LogP contribution in [-0.4, -0.2) is 16.2 Å². The van der Waals surface area contributed by atoms with Crippen LogP contribution in [0.25, 0.3) is 11.0 Å². The van der Waals surface area contributed by atoms with Crippen molar-refractivity contribution in [3.05, 3.63) is 64.5 Å². The second-order valence-electron chi connectivity index (χ2n) is 4.61. The zero-order valence-corrected chi connectivity index (χ0v) is 11.6. The van der Waals surface area contributed by atoms with Crippen LogP contribution in [0.4, 0.5) is 11.4 Å². The molecule has 7 heteroatoms. The van der Waals surface area contributed by atoms with E-state index in [1.807, 2.05) is 0 Å². The molecular weight excluding hydrogens is 300 g/mol. The van der Waals surface area contributed by atoms with Crippen molar-refractivity contribution in [3.63, 3.8) is 0 Å². The molecule has 23 heavy (non-hydrogen) atoms. The Morgan fingerprint density at radius 1 is 1.00 bits per heavy atom. The standard InChI is InChI=1S/C16H10N2O5/c19-14-10-6-2-4-8-12(10)23-16(22)13(14)18-17-11-7-3-1-5-9(11)15(20)21/h1-8,19H,(H,20,21). The first-order valence-corrected chi connectivity index (χ1v) is 6.57. The molecule has 0 saturated heterocycles. The first-order valence-electron chi connectivity index (χ1n) is 6.57. The Morgan fingerprint density at radius 2 is 1.70 bits per heavy atom. The number of carboxylic acid groups (broad SMARTS) is 1. The maximum Gasteiger partial charge on any atom is 0.368 e. The molecule has 3 rings (SSSR count). The molecule has 7 nitrogen and oxygen atoms in total. The lowest BCUT2D eigenvalue weighted by molar-refractivity contribution is 0.0697. The van der Waals surface area contributed by atoms with E-state index in [2.05, 4.69) is 10.2 Å². The molecule has 2 aromatic carbocycles. The Labute approximate surface area is 129 Å². The third-order valence-electron chi connectivity index (χ3n) is 3.15. The highest BCUT2D eigenvalue weighted by Gasteiger charge is 2.14. The van der Waals surface area contributed by atoms with Crippen LogP contribution in [0.15, 0.2) is 68.0 Å². The first-order chi connectivity index (χ1) is 11.1. The fraction of sp³-hybridized carbons (Fsp3) is 0. The van der Waals surface area contributed by atoms with Crippen LogP contribution in [0.1, 0.15) is 10.4 Å². The number of rotatable bonds is 3.